The van der Waals surface area contributed by atoms with Gasteiger partial charge in [-0.05, 0) is 30.9 Å². The Hall–Kier alpha value is -0.760. The first-order chi connectivity index (χ1) is 5.77. The zero-order valence-corrected chi connectivity index (χ0v) is 7.29. The Balaban J connectivity index is 2.07. The Labute approximate surface area is 72.2 Å². The highest BCUT2D eigenvalue weighted by atomic mass is 16.4. The smallest absolute Gasteiger partial charge is 0.135 e. The van der Waals surface area contributed by atoms with Gasteiger partial charge in [-0.2, -0.15) is 0 Å². The van der Waals surface area contributed by atoms with Crippen molar-refractivity contribution in [1.82, 2.24) is 0 Å². The molecule has 2 heteroatoms. The summed E-state index contributed by atoms with van der Waals surface area (Å²) in [5.74, 6) is 1.16. The van der Waals surface area contributed by atoms with Crippen LogP contribution in [0.1, 0.15) is 31.9 Å². The first kappa shape index (κ1) is 7.87. The molecule has 2 rings (SSSR count). The van der Waals surface area contributed by atoms with E-state index in [1.165, 1.54) is 0 Å². The zero-order valence-electron chi connectivity index (χ0n) is 7.29. The highest BCUT2D eigenvalue weighted by Gasteiger charge is 2.55. The van der Waals surface area contributed by atoms with Gasteiger partial charge in [0, 0.05) is 0 Å². The molecule has 0 saturated heterocycles. The minimum Gasteiger partial charge on any atom is -0.466 e. The summed E-state index contributed by atoms with van der Waals surface area (Å²) in [6, 6.07) is 3.68. The van der Waals surface area contributed by atoms with E-state index in [0.717, 1.165) is 25.0 Å². The van der Waals surface area contributed by atoms with Gasteiger partial charge in [0.15, 0.2) is 0 Å². The summed E-state index contributed by atoms with van der Waals surface area (Å²) in [6.07, 6.45) is 4.72. The van der Waals surface area contributed by atoms with Gasteiger partial charge in [-0.25, -0.2) is 0 Å². The maximum absolute atomic E-state index is 9.99. The van der Waals surface area contributed by atoms with Crippen molar-refractivity contribution in [2.45, 2.75) is 31.8 Å². The van der Waals surface area contributed by atoms with Crippen LogP contribution in [0.3, 0.4) is 0 Å². The average molecular weight is 166 g/mol. The fourth-order valence-electron chi connectivity index (χ4n) is 1.83. The first-order valence-electron chi connectivity index (χ1n) is 4.53. The van der Waals surface area contributed by atoms with Crippen LogP contribution >= 0.6 is 0 Å². The second kappa shape index (κ2) is 2.63. The van der Waals surface area contributed by atoms with Crippen LogP contribution in [0.5, 0.6) is 0 Å². The summed E-state index contributed by atoms with van der Waals surface area (Å²) in [7, 11) is 0. The molecule has 0 spiro atoms. The van der Waals surface area contributed by atoms with Crippen molar-refractivity contribution >= 4 is 0 Å². The van der Waals surface area contributed by atoms with Gasteiger partial charge in [0.25, 0.3) is 0 Å². The molecule has 0 aromatic carbocycles. The molecule has 2 nitrogen and oxygen atoms in total. The van der Waals surface area contributed by atoms with Crippen molar-refractivity contribution < 1.29 is 9.52 Å². The van der Waals surface area contributed by atoms with Crippen molar-refractivity contribution in [3.8, 4) is 0 Å². The van der Waals surface area contributed by atoms with Gasteiger partial charge < -0.3 is 9.52 Å². The highest BCUT2D eigenvalue weighted by molar-refractivity contribution is 5.19. The van der Waals surface area contributed by atoms with Crippen molar-refractivity contribution in [2.75, 3.05) is 0 Å². The van der Waals surface area contributed by atoms with Gasteiger partial charge in [-0.3, -0.25) is 0 Å². The number of furan rings is 1. The van der Waals surface area contributed by atoms with Gasteiger partial charge in [-0.15, -0.1) is 0 Å². The van der Waals surface area contributed by atoms with Gasteiger partial charge in [0.1, 0.15) is 11.4 Å². The topological polar surface area (TPSA) is 33.4 Å². The SMILES string of the molecule is CCCC1CC1(O)c1ccco1. The Kier molecular flexibility index (Phi) is 1.72. The third-order valence-electron chi connectivity index (χ3n) is 2.66. The van der Waals surface area contributed by atoms with E-state index >= 15 is 0 Å². The molecule has 1 aromatic heterocycles. The van der Waals surface area contributed by atoms with Crippen LogP contribution in [-0.2, 0) is 5.60 Å². The fourth-order valence-corrected chi connectivity index (χ4v) is 1.83. The Morgan fingerprint density at radius 2 is 2.58 bits per heavy atom. The minimum absolute atomic E-state index is 0.425. The molecule has 1 fully saturated rings. The largest absolute Gasteiger partial charge is 0.466 e. The molecule has 0 radical (unpaired) electrons. The summed E-state index contributed by atoms with van der Waals surface area (Å²) in [4.78, 5) is 0. The minimum atomic E-state index is -0.625. The van der Waals surface area contributed by atoms with Crippen LogP contribution in [0.25, 0.3) is 0 Å². The molecule has 66 valence electrons. The summed E-state index contributed by atoms with van der Waals surface area (Å²) >= 11 is 0. The quantitative estimate of drug-likeness (QED) is 0.747. The number of hydrogen-bond donors (Lipinski definition) is 1. The molecule has 1 aliphatic carbocycles. The maximum atomic E-state index is 9.99. The lowest BCUT2D eigenvalue weighted by molar-refractivity contribution is 0.103. The van der Waals surface area contributed by atoms with Crippen molar-refractivity contribution in [2.24, 2.45) is 5.92 Å². The zero-order chi connectivity index (χ0) is 8.60. The molecule has 2 atom stereocenters. The predicted octanol–water partition coefficient (Wildman–Crippen LogP) is 2.29. The molecule has 1 saturated carbocycles. The Bertz CT molecular complexity index is 253. The molecule has 12 heavy (non-hydrogen) atoms. The normalized spacial score (nSPS) is 33.7. The third-order valence-corrected chi connectivity index (χ3v) is 2.66. The number of aliphatic hydroxyl groups is 1. The monoisotopic (exact) mass is 166 g/mol. The molecule has 1 aromatic rings. The van der Waals surface area contributed by atoms with Crippen LogP contribution in [0.15, 0.2) is 22.8 Å². The summed E-state index contributed by atoms with van der Waals surface area (Å²) in [6.45, 7) is 2.14. The second-order valence-corrected chi connectivity index (χ2v) is 3.59. The number of hydrogen-bond acceptors (Lipinski definition) is 2. The van der Waals surface area contributed by atoms with E-state index in [4.69, 9.17) is 4.42 Å². The standard InChI is InChI=1S/C10H14O2/c1-2-4-8-7-10(8,11)9-5-3-6-12-9/h3,5-6,8,11H,2,4,7H2,1H3. The lowest BCUT2D eigenvalue weighted by Gasteiger charge is -2.05. The molecule has 1 heterocycles. The van der Waals surface area contributed by atoms with Gasteiger partial charge >= 0.3 is 0 Å². The van der Waals surface area contributed by atoms with Crippen LogP contribution in [-0.4, -0.2) is 5.11 Å². The van der Waals surface area contributed by atoms with Crippen LogP contribution < -0.4 is 0 Å². The maximum Gasteiger partial charge on any atom is 0.135 e. The van der Waals surface area contributed by atoms with E-state index < -0.39 is 5.60 Å². The van der Waals surface area contributed by atoms with E-state index in [1.54, 1.807) is 6.26 Å². The summed E-state index contributed by atoms with van der Waals surface area (Å²) < 4.78 is 5.19. The Morgan fingerprint density at radius 1 is 1.75 bits per heavy atom. The van der Waals surface area contributed by atoms with E-state index in [0.29, 0.717) is 5.92 Å². The highest BCUT2D eigenvalue weighted by Crippen LogP contribution is 2.54. The molecule has 0 aliphatic heterocycles. The lowest BCUT2D eigenvalue weighted by atomic mass is 10.1. The predicted molar refractivity (Wildman–Crippen MR) is 45.6 cm³/mol. The summed E-state index contributed by atoms with van der Waals surface area (Å²) in [5.41, 5.74) is -0.625. The van der Waals surface area contributed by atoms with Crippen LogP contribution in [0.2, 0.25) is 0 Å². The van der Waals surface area contributed by atoms with Crippen molar-refractivity contribution in [3.05, 3.63) is 24.2 Å². The van der Waals surface area contributed by atoms with E-state index in [-0.39, 0.29) is 0 Å². The second-order valence-electron chi connectivity index (χ2n) is 3.59. The summed E-state index contributed by atoms with van der Waals surface area (Å²) in [5, 5.41) is 9.99. The van der Waals surface area contributed by atoms with E-state index in [9.17, 15) is 5.11 Å². The average Bonchev–Trinajstić information content (AvgIpc) is 2.57. The van der Waals surface area contributed by atoms with E-state index in [2.05, 4.69) is 6.92 Å². The van der Waals surface area contributed by atoms with Gasteiger partial charge in [0.05, 0.1) is 6.26 Å². The Morgan fingerprint density at radius 3 is 3.17 bits per heavy atom. The van der Waals surface area contributed by atoms with Gasteiger partial charge in [0.2, 0.25) is 0 Å². The lowest BCUT2D eigenvalue weighted by Crippen LogP contribution is -2.06. The van der Waals surface area contributed by atoms with E-state index in [1.807, 2.05) is 12.1 Å². The molecule has 0 bridgehead atoms. The van der Waals surface area contributed by atoms with Crippen molar-refractivity contribution in [3.63, 3.8) is 0 Å². The molecular weight excluding hydrogens is 152 g/mol. The van der Waals surface area contributed by atoms with Crippen LogP contribution in [0, 0.1) is 5.92 Å². The molecule has 1 aliphatic rings. The molecule has 0 amide bonds. The fraction of sp³-hybridized carbons (Fsp3) is 0.600. The number of rotatable bonds is 3. The van der Waals surface area contributed by atoms with Crippen LogP contribution in [0.4, 0.5) is 0 Å². The molecular formula is C10H14O2. The van der Waals surface area contributed by atoms with Crippen molar-refractivity contribution in [1.29, 1.82) is 0 Å². The molecule has 1 N–H and O–H groups in total. The third kappa shape index (κ3) is 1.07. The first-order valence-corrected chi connectivity index (χ1v) is 4.53. The van der Waals surface area contributed by atoms with Gasteiger partial charge in [-0.1, -0.05) is 13.3 Å². The molecule has 2 unspecified atom stereocenters.